The second kappa shape index (κ2) is 9.04. The van der Waals surface area contributed by atoms with E-state index < -0.39 is 0 Å². The second-order valence-corrected chi connectivity index (χ2v) is 3.66. The van der Waals surface area contributed by atoms with Crippen LogP contribution >= 0.6 is 0 Å². The van der Waals surface area contributed by atoms with Crippen molar-refractivity contribution in [1.29, 1.82) is 0 Å². The highest BCUT2D eigenvalue weighted by molar-refractivity contribution is 5.78. The molecule has 1 atom stereocenters. The number of rotatable bonds is 8. The Morgan fingerprint density at radius 3 is 2.57 bits per heavy atom. The second-order valence-electron chi connectivity index (χ2n) is 3.66. The van der Waals surface area contributed by atoms with Crippen molar-refractivity contribution in [3.63, 3.8) is 0 Å². The third-order valence-electron chi connectivity index (χ3n) is 2.38. The molecule has 0 aromatic rings. The number of esters is 1. The molecule has 0 bridgehead atoms. The number of hydrogen-bond acceptors (Lipinski definition) is 2. The first-order valence-electron chi connectivity index (χ1n) is 5.74. The highest BCUT2D eigenvalue weighted by Crippen LogP contribution is 2.13. The minimum Gasteiger partial charge on any atom is -0.465 e. The Morgan fingerprint density at radius 2 is 2.07 bits per heavy atom. The molecule has 0 aromatic carbocycles. The van der Waals surface area contributed by atoms with Crippen LogP contribution in [0.5, 0.6) is 0 Å². The fraction of sp³-hybridized carbons (Fsp3) is 0.833. The number of ether oxygens (including phenoxy) is 1. The molecular weight excluding hydrogens is 176 g/mol. The first-order valence-corrected chi connectivity index (χ1v) is 5.74. The predicted octanol–water partition coefficient (Wildman–Crippen LogP) is 3.36. The summed E-state index contributed by atoms with van der Waals surface area (Å²) in [6, 6.07) is 0. The van der Waals surface area contributed by atoms with Gasteiger partial charge in [0.1, 0.15) is 0 Å². The zero-order valence-corrected chi connectivity index (χ0v) is 9.71. The number of carbonyl (C=O) groups excluding carboxylic acids is 1. The third-order valence-corrected chi connectivity index (χ3v) is 2.38. The van der Waals surface area contributed by atoms with Crippen LogP contribution in [-0.2, 0) is 9.53 Å². The SMILES string of the molecule is CC[CH]C(=O)OCC(CC)CCCC. The van der Waals surface area contributed by atoms with Gasteiger partial charge in [-0.15, -0.1) is 0 Å². The van der Waals surface area contributed by atoms with E-state index in [1.54, 1.807) is 6.42 Å². The Hall–Kier alpha value is -0.530. The lowest BCUT2D eigenvalue weighted by molar-refractivity contribution is -0.141. The van der Waals surface area contributed by atoms with Gasteiger partial charge >= 0.3 is 5.97 Å². The standard InChI is InChI=1S/C12H23O2/c1-4-7-9-11(6-3)10-14-12(13)8-5-2/h8,11H,4-7,9-10H2,1-3H3. The fourth-order valence-corrected chi connectivity index (χ4v) is 1.32. The number of hydrogen-bond donors (Lipinski definition) is 0. The van der Waals surface area contributed by atoms with E-state index in [1.165, 1.54) is 19.3 Å². The zero-order valence-electron chi connectivity index (χ0n) is 9.71. The van der Waals surface area contributed by atoms with Crippen LogP contribution in [0.4, 0.5) is 0 Å². The van der Waals surface area contributed by atoms with Gasteiger partial charge in [0.2, 0.25) is 0 Å². The van der Waals surface area contributed by atoms with Crippen molar-refractivity contribution in [3.05, 3.63) is 6.42 Å². The van der Waals surface area contributed by atoms with Crippen LogP contribution in [0.25, 0.3) is 0 Å². The quantitative estimate of drug-likeness (QED) is 0.560. The molecule has 0 aliphatic heterocycles. The topological polar surface area (TPSA) is 26.3 Å². The van der Waals surface area contributed by atoms with Crippen LogP contribution < -0.4 is 0 Å². The smallest absolute Gasteiger partial charge is 0.309 e. The molecule has 0 amide bonds. The molecule has 2 nitrogen and oxygen atoms in total. The molecule has 2 heteroatoms. The lowest BCUT2D eigenvalue weighted by Crippen LogP contribution is -2.13. The lowest BCUT2D eigenvalue weighted by Gasteiger charge is -2.14. The highest BCUT2D eigenvalue weighted by atomic mass is 16.5. The first-order chi connectivity index (χ1) is 6.74. The van der Waals surface area contributed by atoms with Crippen molar-refractivity contribution in [2.24, 2.45) is 5.92 Å². The van der Waals surface area contributed by atoms with E-state index in [2.05, 4.69) is 13.8 Å². The van der Waals surface area contributed by atoms with E-state index >= 15 is 0 Å². The minimum absolute atomic E-state index is 0.164. The van der Waals surface area contributed by atoms with Crippen LogP contribution in [0, 0.1) is 12.3 Å². The average Bonchev–Trinajstić information content (AvgIpc) is 2.19. The van der Waals surface area contributed by atoms with Gasteiger partial charge < -0.3 is 4.74 Å². The molecule has 0 aliphatic carbocycles. The average molecular weight is 199 g/mol. The van der Waals surface area contributed by atoms with Crippen LogP contribution in [-0.4, -0.2) is 12.6 Å². The molecule has 1 unspecified atom stereocenters. The summed E-state index contributed by atoms with van der Waals surface area (Å²) in [5, 5.41) is 0. The Kier molecular flexibility index (Phi) is 8.70. The summed E-state index contributed by atoms with van der Waals surface area (Å²) >= 11 is 0. The molecule has 0 saturated carbocycles. The van der Waals surface area contributed by atoms with E-state index in [4.69, 9.17) is 4.74 Å². The van der Waals surface area contributed by atoms with Gasteiger partial charge in [-0.05, 0) is 18.8 Å². The zero-order chi connectivity index (χ0) is 10.8. The molecule has 1 radical (unpaired) electrons. The molecule has 14 heavy (non-hydrogen) atoms. The lowest BCUT2D eigenvalue weighted by atomic mass is 10.0. The van der Waals surface area contributed by atoms with Crippen molar-refractivity contribution in [2.45, 2.75) is 52.9 Å². The molecular formula is C12H23O2. The summed E-state index contributed by atoms with van der Waals surface area (Å²) in [5.41, 5.74) is 0. The van der Waals surface area contributed by atoms with Gasteiger partial charge in [0, 0.05) is 0 Å². The molecule has 0 spiro atoms. The molecule has 0 rings (SSSR count). The van der Waals surface area contributed by atoms with Gasteiger partial charge in [-0.2, -0.15) is 0 Å². The van der Waals surface area contributed by atoms with E-state index in [9.17, 15) is 4.79 Å². The Morgan fingerprint density at radius 1 is 1.36 bits per heavy atom. The number of unbranched alkanes of at least 4 members (excludes halogenated alkanes) is 1. The molecule has 0 aliphatic rings. The largest absolute Gasteiger partial charge is 0.465 e. The maximum absolute atomic E-state index is 11.1. The van der Waals surface area contributed by atoms with Crippen molar-refractivity contribution in [3.8, 4) is 0 Å². The number of carbonyl (C=O) groups is 1. The Labute approximate surface area is 88.0 Å². The van der Waals surface area contributed by atoms with E-state index in [1.807, 2.05) is 6.92 Å². The van der Waals surface area contributed by atoms with Crippen molar-refractivity contribution in [2.75, 3.05) is 6.61 Å². The predicted molar refractivity (Wildman–Crippen MR) is 58.9 cm³/mol. The Bertz CT molecular complexity index is 143. The van der Waals surface area contributed by atoms with Gasteiger partial charge in [0.15, 0.2) is 0 Å². The van der Waals surface area contributed by atoms with Crippen molar-refractivity contribution in [1.82, 2.24) is 0 Å². The van der Waals surface area contributed by atoms with Crippen LogP contribution in [0.3, 0.4) is 0 Å². The monoisotopic (exact) mass is 199 g/mol. The van der Waals surface area contributed by atoms with Crippen LogP contribution in [0.2, 0.25) is 0 Å². The normalized spacial score (nSPS) is 12.5. The molecule has 83 valence electrons. The first kappa shape index (κ1) is 13.5. The summed E-state index contributed by atoms with van der Waals surface area (Å²) in [4.78, 5) is 11.1. The van der Waals surface area contributed by atoms with Crippen molar-refractivity contribution < 1.29 is 9.53 Å². The molecule has 0 aromatic heterocycles. The third kappa shape index (κ3) is 6.93. The highest BCUT2D eigenvalue weighted by Gasteiger charge is 2.09. The van der Waals surface area contributed by atoms with Crippen LogP contribution in [0.1, 0.15) is 52.9 Å². The van der Waals surface area contributed by atoms with E-state index in [-0.39, 0.29) is 5.97 Å². The van der Waals surface area contributed by atoms with Crippen molar-refractivity contribution >= 4 is 5.97 Å². The summed E-state index contributed by atoms with van der Waals surface area (Å²) in [5.74, 6) is 0.381. The maximum atomic E-state index is 11.1. The Balaban J connectivity index is 3.55. The van der Waals surface area contributed by atoms with Gasteiger partial charge in [0.25, 0.3) is 0 Å². The molecule has 0 heterocycles. The molecule has 0 saturated heterocycles. The molecule has 0 fully saturated rings. The fourth-order valence-electron chi connectivity index (χ4n) is 1.32. The van der Waals surface area contributed by atoms with Gasteiger partial charge in [-0.25, -0.2) is 0 Å². The van der Waals surface area contributed by atoms with E-state index in [0.717, 1.165) is 12.8 Å². The van der Waals surface area contributed by atoms with Gasteiger partial charge in [-0.1, -0.05) is 40.0 Å². The summed E-state index contributed by atoms with van der Waals surface area (Å²) in [6.45, 7) is 6.86. The molecule has 0 N–H and O–H groups in total. The summed E-state index contributed by atoms with van der Waals surface area (Å²) in [7, 11) is 0. The maximum Gasteiger partial charge on any atom is 0.309 e. The minimum atomic E-state index is -0.164. The van der Waals surface area contributed by atoms with E-state index in [0.29, 0.717) is 12.5 Å². The van der Waals surface area contributed by atoms with Gasteiger partial charge in [-0.3, -0.25) is 4.79 Å². The summed E-state index contributed by atoms with van der Waals surface area (Å²) in [6.07, 6.45) is 7.06. The van der Waals surface area contributed by atoms with Crippen LogP contribution in [0.15, 0.2) is 0 Å². The van der Waals surface area contributed by atoms with Gasteiger partial charge in [0.05, 0.1) is 13.0 Å². The summed E-state index contributed by atoms with van der Waals surface area (Å²) < 4.78 is 5.14.